The molecule has 0 amide bonds. The van der Waals surface area contributed by atoms with Gasteiger partial charge in [0.05, 0.1) is 6.61 Å². The van der Waals surface area contributed by atoms with E-state index in [1.165, 1.54) is 25.7 Å². The highest BCUT2D eigenvalue weighted by molar-refractivity contribution is 5.74. The maximum absolute atomic E-state index is 13.1. The van der Waals surface area contributed by atoms with E-state index in [4.69, 9.17) is 23.7 Å². The number of carbonyl (C=O) groups excluding carboxylic acids is 3. The molecule has 6 unspecified atom stereocenters. The number of aliphatic carboxylic acids is 1. The Bertz CT molecular complexity index is 1770. The molecule has 0 aromatic rings. The Kier molecular flexibility index (Phi) is 45.4. The van der Waals surface area contributed by atoms with E-state index in [1.807, 2.05) is 12.2 Å². The Morgan fingerprint density at radius 1 is 0.453 bits per heavy atom. The third-order valence-electron chi connectivity index (χ3n) is 12.0. The summed E-state index contributed by atoms with van der Waals surface area (Å²) in [6, 6.07) is 0. The second-order valence-corrected chi connectivity index (χ2v) is 18.8. The Hall–Kier alpha value is -4.88. The molecular formula is C63H98O12. The van der Waals surface area contributed by atoms with Crippen LogP contribution in [0, 0.1) is 0 Å². The first kappa shape index (κ1) is 68.1. The fraction of sp³-hybridized carbons (Fsp3) is 0.619. The molecule has 0 radical (unpaired) electrons. The van der Waals surface area contributed by atoms with Gasteiger partial charge in [-0.2, -0.15) is 0 Å². The monoisotopic (exact) mass is 1050 g/mol. The van der Waals surface area contributed by atoms with Crippen molar-refractivity contribution in [1.82, 2.24) is 0 Å². The van der Waals surface area contributed by atoms with Gasteiger partial charge in [-0.1, -0.05) is 187 Å². The third-order valence-corrected chi connectivity index (χ3v) is 12.0. The number of carboxylic acids is 1. The van der Waals surface area contributed by atoms with E-state index in [9.17, 15) is 34.5 Å². The molecule has 1 saturated heterocycles. The zero-order valence-corrected chi connectivity index (χ0v) is 46.2. The SMILES string of the molecule is CC/C=C\C/C=C\C/C=C\C/C=C\C/C=C\C/C=C\CCC(=O)OCC(COC1OC(C(=O)O)C(O)C(O)C1OC(=O)CCCCC/C=C\C/C=C\C/C=C\CC)OC(=O)CCCCCCC/C=C\CCCCCC. The van der Waals surface area contributed by atoms with Gasteiger partial charge in [0.25, 0.3) is 0 Å². The molecule has 3 N–H and O–H groups in total. The van der Waals surface area contributed by atoms with Crippen molar-refractivity contribution < 1.29 is 58.2 Å². The van der Waals surface area contributed by atoms with E-state index in [2.05, 4.69) is 130 Å². The van der Waals surface area contributed by atoms with Gasteiger partial charge < -0.3 is 39.0 Å². The maximum Gasteiger partial charge on any atom is 0.335 e. The van der Waals surface area contributed by atoms with Gasteiger partial charge in [0, 0.05) is 19.3 Å². The summed E-state index contributed by atoms with van der Waals surface area (Å²) in [6.45, 7) is 5.63. The average molecular weight is 1050 g/mol. The molecule has 1 rings (SSSR count). The van der Waals surface area contributed by atoms with Crippen molar-refractivity contribution in [3.05, 3.63) is 122 Å². The summed E-state index contributed by atoms with van der Waals surface area (Å²) < 4.78 is 28.2. The highest BCUT2D eigenvalue weighted by Gasteiger charge is 2.50. The van der Waals surface area contributed by atoms with Gasteiger partial charge in [-0.05, 0) is 116 Å². The van der Waals surface area contributed by atoms with Crippen LogP contribution in [0.25, 0.3) is 0 Å². The van der Waals surface area contributed by atoms with Crippen molar-refractivity contribution in [3.8, 4) is 0 Å². The van der Waals surface area contributed by atoms with E-state index in [0.29, 0.717) is 19.3 Å². The Balaban J connectivity index is 2.77. The van der Waals surface area contributed by atoms with Gasteiger partial charge in [-0.15, -0.1) is 0 Å². The molecule has 12 heteroatoms. The maximum atomic E-state index is 13.1. The fourth-order valence-corrected chi connectivity index (χ4v) is 7.69. The van der Waals surface area contributed by atoms with E-state index in [0.717, 1.165) is 116 Å². The first-order chi connectivity index (χ1) is 36.6. The van der Waals surface area contributed by atoms with Crippen LogP contribution in [0.1, 0.15) is 201 Å². The van der Waals surface area contributed by atoms with Crippen LogP contribution in [-0.4, -0.2) is 89.2 Å². The first-order valence-corrected chi connectivity index (χ1v) is 28.5. The van der Waals surface area contributed by atoms with E-state index >= 15 is 0 Å². The van der Waals surface area contributed by atoms with Crippen molar-refractivity contribution in [3.63, 3.8) is 0 Å². The quantitative estimate of drug-likeness (QED) is 0.0228. The standard InChI is InChI=1S/C63H98O12/c1-4-7-10-13-16-19-22-25-26-27-28-29-30-33-34-37-40-43-46-49-55(64)71-52-54(73-56(65)50-47-44-41-38-35-31-23-20-17-14-11-8-5-2)53-72-63-61(59(68)58(67)60(75-63)62(69)70)74-57(66)51-48-45-42-39-36-32-24-21-18-15-12-9-6-3/h7,9-10,12,16,18-21,23,25-26,28-29,32-34,36,40,43,54,58-61,63,67-68H,4-6,8,11,13-15,17,22,24,27,30-31,35,37-39,41-42,44-53H2,1-3H3,(H,69,70)/b10-7-,12-9-,19-16-,21-18-,23-20-,26-25-,29-28-,34-33-,36-32-,43-40-. The molecule has 0 aliphatic carbocycles. The van der Waals surface area contributed by atoms with Crippen LogP contribution >= 0.6 is 0 Å². The molecule has 1 heterocycles. The smallest absolute Gasteiger partial charge is 0.335 e. The van der Waals surface area contributed by atoms with E-state index in [-0.39, 0.29) is 25.9 Å². The Labute approximate surface area is 452 Å². The number of ether oxygens (including phenoxy) is 5. The van der Waals surface area contributed by atoms with Gasteiger partial charge in [-0.3, -0.25) is 14.4 Å². The summed E-state index contributed by atoms with van der Waals surface area (Å²) in [4.78, 5) is 51.0. The summed E-state index contributed by atoms with van der Waals surface area (Å²) in [7, 11) is 0. The highest BCUT2D eigenvalue weighted by atomic mass is 16.7. The topological polar surface area (TPSA) is 175 Å². The number of rotatable bonds is 46. The molecule has 0 saturated carbocycles. The largest absolute Gasteiger partial charge is 0.479 e. The van der Waals surface area contributed by atoms with Gasteiger partial charge in [-0.25, -0.2) is 4.79 Å². The fourth-order valence-electron chi connectivity index (χ4n) is 7.69. The predicted molar refractivity (Wildman–Crippen MR) is 303 cm³/mol. The third kappa shape index (κ3) is 40.1. The van der Waals surface area contributed by atoms with Crippen LogP contribution in [-0.2, 0) is 42.9 Å². The summed E-state index contributed by atoms with van der Waals surface area (Å²) in [5, 5.41) is 31.4. The van der Waals surface area contributed by atoms with Gasteiger partial charge in [0.15, 0.2) is 24.6 Å². The lowest BCUT2D eigenvalue weighted by Gasteiger charge is -2.40. The summed E-state index contributed by atoms with van der Waals surface area (Å²) in [6.07, 6.45) is 56.2. The summed E-state index contributed by atoms with van der Waals surface area (Å²) in [5.41, 5.74) is 0. The number of unbranched alkanes of at least 4 members (excludes halogenated alkanes) is 12. The predicted octanol–water partition coefficient (Wildman–Crippen LogP) is 14.4. The molecule has 6 atom stereocenters. The van der Waals surface area contributed by atoms with Crippen LogP contribution in [0.5, 0.6) is 0 Å². The van der Waals surface area contributed by atoms with E-state index < -0.39 is 67.3 Å². The number of aliphatic hydroxyl groups is 2. The normalized spacial score (nSPS) is 19.1. The van der Waals surface area contributed by atoms with Crippen molar-refractivity contribution in [2.45, 2.75) is 237 Å². The Morgan fingerprint density at radius 3 is 1.36 bits per heavy atom. The lowest BCUT2D eigenvalue weighted by molar-refractivity contribution is -0.301. The van der Waals surface area contributed by atoms with Crippen LogP contribution in [0.15, 0.2) is 122 Å². The van der Waals surface area contributed by atoms with Gasteiger partial charge in [0.2, 0.25) is 0 Å². The number of aliphatic hydroxyl groups excluding tert-OH is 2. The number of hydrogen-bond donors (Lipinski definition) is 3. The molecule has 75 heavy (non-hydrogen) atoms. The highest BCUT2D eigenvalue weighted by Crippen LogP contribution is 2.26. The minimum Gasteiger partial charge on any atom is -0.479 e. The van der Waals surface area contributed by atoms with Crippen LogP contribution < -0.4 is 0 Å². The number of esters is 3. The number of hydrogen-bond acceptors (Lipinski definition) is 11. The number of allylic oxidation sites excluding steroid dienone is 20. The van der Waals surface area contributed by atoms with Crippen molar-refractivity contribution in [2.24, 2.45) is 0 Å². The zero-order valence-electron chi connectivity index (χ0n) is 46.2. The number of carboxylic acid groups (broad SMARTS) is 1. The van der Waals surface area contributed by atoms with E-state index in [1.54, 1.807) is 0 Å². The Morgan fingerprint density at radius 2 is 0.867 bits per heavy atom. The lowest BCUT2D eigenvalue weighted by Crippen LogP contribution is -2.61. The molecule has 1 fully saturated rings. The molecular weight excluding hydrogens is 949 g/mol. The van der Waals surface area contributed by atoms with Crippen LogP contribution in [0.4, 0.5) is 0 Å². The molecule has 0 aromatic heterocycles. The minimum absolute atomic E-state index is 0.0110. The molecule has 0 spiro atoms. The lowest BCUT2D eigenvalue weighted by atomic mass is 9.98. The second kappa shape index (κ2) is 50.0. The van der Waals surface area contributed by atoms with Gasteiger partial charge >= 0.3 is 23.9 Å². The second-order valence-electron chi connectivity index (χ2n) is 18.8. The molecule has 1 aliphatic heterocycles. The molecule has 12 nitrogen and oxygen atoms in total. The molecule has 0 aromatic carbocycles. The van der Waals surface area contributed by atoms with Crippen molar-refractivity contribution >= 4 is 23.9 Å². The van der Waals surface area contributed by atoms with Crippen LogP contribution in [0.2, 0.25) is 0 Å². The first-order valence-electron chi connectivity index (χ1n) is 28.5. The summed E-state index contributed by atoms with van der Waals surface area (Å²) in [5.74, 6) is -3.30. The van der Waals surface area contributed by atoms with Gasteiger partial charge in [0.1, 0.15) is 18.8 Å². The molecule has 422 valence electrons. The minimum atomic E-state index is -1.93. The summed E-state index contributed by atoms with van der Waals surface area (Å²) >= 11 is 0. The average Bonchev–Trinajstić information content (AvgIpc) is 3.39. The zero-order chi connectivity index (χ0) is 54.7. The molecule has 1 aliphatic rings. The van der Waals surface area contributed by atoms with Crippen LogP contribution in [0.3, 0.4) is 0 Å². The molecule has 0 bridgehead atoms. The van der Waals surface area contributed by atoms with Crippen molar-refractivity contribution in [2.75, 3.05) is 13.2 Å². The number of carbonyl (C=O) groups is 4. The van der Waals surface area contributed by atoms with Crippen molar-refractivity contribution in [1.29, 1.82) is 0 Å².